The van der Waals surface area contributed by atoms with E-state index in [1.54, 1.807) is 0 Å². The highest BCUT2D eigenvalue weighted by Gasteiger charge is 2.28. The Bertz CT molecular complexity index is 977. The minimum absolute atomic E-state index is 0.122. The highest BCUT2D eigenvalue weighted by atomic mass is 16.2. The van der Waals surface area contributed by atoms with Crippen molar-refractivity contribution in [2.24, 2.45) is 0 Å². The Labute approximate surface area is 152 Å². The molecule has 1 aliphatic heterocycles. The van der Waals surface area contributed by atoms with Gasteiger partial charge in [-0.1, -0.05) is 12.1 Å². The zero-order valence-corrected chi connectivity index (χ0v) is 15.4. The van der Waals surface area contributed by atoms with Crippen LogP contribution in [0.2, 0.25) is 0 Å². The summed E-state index contributed by atoms with van der Waals surface area (Å²) in [7, 11) is 0. The summed E-state index contributed by atoms with van der Waals surface area (Å²) < 4.78 is 1.81. The number of hydrogen-bond acceptors (Lipinski definition) is 4. The summed E-state index contributed by atoms with van der Waals surface area (Å²) in [6, 6.07) is 8.01. The Morgan fingerprint density at radius 2 is 2.08 bits per heavy atom. The summed E-state index contributed by atoms with van der Waals surface area (Å²) >= 11 is 0. The van der Waals surface area contributed by atoms with Crippen LogP contribution in [0.5, 0.6) is 0 Å². The highest BCUT2D eigenvalue weighted by molar-refractivity contribution is 5.96. The van der Waals surface area contributed by atoms with Crippen molar-refractivity contribution in [2.45, 2.75) is 39.5 Å². The van der Waals surface area contributed by atoms with E-state index in [1.165, 1.54) is 6.33 Å². The molecule has 1 unspecified atom stereocenters. The number of aryl methyl sites for hydroxylation is 2. The summed E-state index contributed by atoms with van der Waals surface area (Å²) in [4.78, 5) is 23.7. The maximum atomic E-state index is 13.1. The first-order valence-electron chi connectivity index (χ1n) is 9.07. The van der Waals surface area contributed by atoms with Crippen molar-refractivity contribution in [3.8, 4) is 0 Å². The Morgan fingerprint density at radius 3 is 2.92 bits per heavy atom. The minimum Gasteiger partial charge on any atom is -0.338 e. The summed E-state index contributed by atoms with van der Waals surface area (Å²) in [5.74, 6) is 0.984. The second-order valence-corrected chi connectivity index (χ2v) is 7.13. The van der Waals surface area contributed by atoms with Crippen LogP contribution in [0.1, 0.15) is 51.6 Å². The lowest BCUT2D eigenvalue weighted by Crippen LogP contribution is -2.40. The smallest absolute Gasteiger partial charge is 0.254 e. The second kappa shape index (κ2) is 6.52. The fraction of sp³-hybridized carbons (Fsp3) is 0.400. The average Bonchev–Trinajstić information content (AvgIpc) is 3.11. The molecule has 0 radical (unpaired) electrons. The lowest BCUT2D eigenvalue weighted by Gasteiger charge is -2.33. The molecule has 2 aromatic heterocycles. The maximum Gasteiger partial charge on any atom is 0.254 e. The van der Waals surface area contributed by atoms with E-state index in [-0.39, 0.29) is 11.8 Å². The Morgan fingerprint density at radius 1 is 1.23 bits per heavy atom. The topological polar surface area (TPSA) is 63.4 Å². The third-order valence-corrected chi connectivity index (χ3v) is 5.37. The molecule has 0 aliphatic carbocycles. The van der Waals surface area contributed by atoms with Gasteiger partial charge in [-0.25, -0.2) is 9.50 Å². The monoisotopic (exact) mass is 349 g/mol. The van der Waals surface area contributed by atoms with Crippen LogP contribution in [-0.2, 0) is 0 Å². The van der Waals surface area contributed by atoms with E-state index in [4.69, 9.17) is 0 Å². The van der Waals surface area contributed by atoms with Crippen LogP contribution in [0.15, 0.2) is 30.6 Å². The van der Waals surface area contributed by atoms with Crippen LogP contribution in [0.4, 0.5) is 0 Å². The molecule has 1 aromatic carbocycles. The summed E-state index contributed by atoms with van der Waals surface area (Å²) in [6.45, 7) is 7.54. The molecule has 1 saturated heterocycles. The molecule has 0 N–H and O–H groups in total. The van der Waals surface area contributed by atoms with Crippen molar-refractivity contribution in [3.63, 3.8) is 0 Å². The molecule has 6 heteroatoms. The van der Waals surface area contributed by atoms with E-state index < -0.39 is 0 Å². The lowest BCUT2D eigenvalue weighted by atomic mass is 9.93. The van der Waals surface area contributed by atoms with E-state index in [1.807, 2.05) is 48.4 Å². The summed E-state index contributed by atoms with van der Waals surface area (Å²) in [5, 5.41) is 4.33. The second-order valence-electron chi connectivity index (χ2n) is 7.13. The van der Waals surface area contributed by atoms with Crippen LogP contribution >= 0.6 is 0 Å². The van der Waals surface area contributed by atoms with E-state index in [2.05, 4.69) is 21.1 Å². The van der Waals surface area contributed by atoms with Gasteiger partial charge in [0.25, 0.3) is 11.7 Å². The summed E-state index contributed by atoms with van der Waals surface area (Å²) in [5.41, 5.74) is 5.04. The van der Waals surface area contributed by atoms with Crippen molar-refractivity contribution in [1.82, 2.24) is 24.5 Å². The van der Waals surface area contributed by atoms with Gasteiger partial charge in [-0.2, -0.15) is 10.1 Å². The van der Waals surface area contributed by atoms with E-state index in [9.17, 15) is 4.79 Å². The molecule has 0 spiro atoms. The summed E-state index contributed by atoms with van der Waals surface area (Å²) in [6.07, 6.45) is 3.56. The molecule has 26 heavy (non-hydrogen) atoms. The predicted molar refractivity (Wildman–Crippen MR) is 99.3 cm³/mol. The predicted octanol–water partition coefficient (Wildman–Crippen LogP) is 3.07. The molecule has 3 heterocycles. The molecule has 1 atom stereocenters. The van der Waals surface area contributed by atoms with Crippen LogP contribution in [-0.4, -0.2) is 43.5 Å². The Balaban J connectivity index is 1.64. The number of carbonyl (C=O) groups excluding carboxylic acids is 1. The molecule has 4 rings (SSSR count). The maximum absolute atomic E-state index is 13.1. The fourth-order valence-corrected chi connectivity index (χ4v) is 3.81. The molecule has 3 aromatic rings. The van der Waals surface area contributed by atoms with Crippen molar-refractivity contribution >= 4 is 11.7 Å². The van der Waals surface area contributed by atoms with Gasteiger partial charge < -0.3 is 4.90 Å². The molecule has 1 aliphatic rings. The van der Waals surface area contributed by atoms with Gasteiger partial charge in [0.2, 0.25) is 0 Å². The van der Waals surface area contributed by atoms with Gasteiger partial charge in [-0.05, 0) is 56.9 Å². The number of carbonyl (C=O) groups is 1. The van der Waals surface area contributed by atoms with E-state index in [0.717, 1.165) is 47.5 Å². The molecule has 6 nitrogen and oxygen atoms in total. The molecule has 134 valence electrons. The molecule has 0 saturated carbocycles. The quantitative estimate of drug-likeness (QED) is 0.713. The van der Waals surface area contributed by atoms with Gasteiger partial charge in [-0.15, -0.1) is 0 Å². The third kappa shape index (κ3) is 2.85. The van der Waals surface area contributed by atoms with Crippen molar-refractivity contribution < 1.29 is 4.79 Å². The van der Waals surface area contributed by atoms with Gasteiger partial charge >= 0.3 is 0 Å². The molecule has 0 bridgehead atoms. The van der Waals surface area contributed by atoms with Crippen LogP contribution in [0.25, 0.3) is 5.78 Å². The number of benzene rings is 1. The molecular weight excluding hydrogens is 326 g/mol. The van der Waals surface area contributed by atoms with Gasteiger partial charge in [-0.3, -0.25) is 4.79 Å². The van der Waals surface area contributed by atoms with Gasteiger partial charge in [0.05, 0.1) is 5.69 Å². The van der Waals surface area contributed by atoms with Crippen LogP contribution in [0, 0.1) is 20.8 Å². The first-order valence-corrected chi connectivity index (χ1v) is 9.07. The number of aromatic nitrogens is 4. The normalized spacial score (nSPS) is 17.7. The van der Waals surface area contributed by atoms with Crippen LogP contribution < -0.4 is 0 Å². The number of piperidine rings is 1. The molecular formula is C20H23N5O. The van der Waals surface area contributed by atoms with E-state index in [0.29, 0.717) is 12.3 Å². The van der Waals surface area contributed by atoms with Crippen molar-refractivity contribution in [3.05, 3.63) is 58.7 Å². The molecule has 1 amide bonds. The highest BCUT2D eigenvalue weighted by Crippen LogP contribution is 2.28. The number of likely N-dealkylation sites (tertiary alicyclic amines) is 1. The van der Waals surface area contributed by atoms with Gasteiger partial charge in [0, 0.05) is 30.3 Å². The third-order valence-electron chi connectivity index (χ3n) is 5.37. The number of hydrogen-bond donors (Lipinski definition) is 0. The van der Waals surface area contributed by atoms with E-state index >= 15 is 0 Å². The molecule has 1 fully saturated rings. The number of rotatable bonds is 2. The SMILES string of the molecule is Cc1cc(C2CCCN(C(=O)c3cccc(C)c3C)C2)n2ncnc2n1. The Hall–Kier alpha value is -2.76. The fourth-order valence-electron chi connectivity index (χ4n) is 3.81. The zero-order valence-electron chi connectivity index (χ0n) is 15.4. The van der Waals surface area contributed by atoms with Crippen molar-refractivity contribution in [1.29, 1.82) is 0 Å². The number of nitrogens with zero attached hydrogens (tertiary/aromatic N) is 5. The van der Waals surface area contributed by atoms with Gasteiger partial charge in [0.15, 0.2) is 0 Å². The zero-order chi connectivity index (χ0) is 18.3. The largest absolute Gasteiger partial charge is 0.338 e. The minimum atomic E-state index is 0.122. The average molecular weight is 349 g/mol. The van der Waals surface area contributed by atoms with Gasteiger partial charge in [0.1, 0.15) is 6.33 Å². The first kappa shape index (κ1) is 16.7. The van der Waals surface area contributed by atoms with Crippen LogP contribution in [0.3, 0.4) is 0 Å². The standard InChI is InChI=1S/C20H23N5O/c1-13-6-4-8-17(15(13)3)19(26)24-9-5-7-16(11-24)18-10-14(2)23-20-21-12-22-25(18)20/h4,6,8,10,12,16H,5,7,9,11H2,1-3H3. The number of amides is 1. The lowest BCUT2D eigenvalue weighted by molar-refractivity contribution is 0.0704. The van der Waals surface area contributed by atoms with Crippen molar-refractivity contribution in [2.75, 3.05) is 13.1 Å². The number of fused-ring (bicyclic) bond motifs is 1. The first-order chi connectivity index (χ1) is 12.5. The Kier molecular flexibility index (Phi) is 4.18.